The van der Waals surface area contributed by atoms with Gasteiger partial charge in [-0.25, -0.2) is 0 Å². The Bertz CT molecular complexity index is 555. The van der Waals surface area contributed by atoms with Crippen LogP contribution in [-0.4, -0.2) is 38.6 Å². The Morgan fingerprint density at radius 1 is 1.27 bits per heavy atom. The van der Waals surface area contributed by atoms with Crippen molar-refractivity contribution in [2.75, 3.05) is 20.8 Å². The Hall–Kier alpha value is -2.50. The van der Waals surface area contributed by atoms with E-state index in [0.717, 1.165) is 0 Å². The molecule has 0 aliphatic heterocycles. The number of methoxy groups -OCH3 is 2. The van der Waals surface area contributed by atoms with Crippen molar-refractivity contribution in [3.05, 3.63) is 29.8 Å². The summed E-state index contributed by atoms with van der Waals surface area (Å²) in [5, 5.41) is 5.23. The lowest BCUT2D eigenvalue weighted by molar-refractivity contribution is -0.126. The highest BCUT2D eigenvalue weighted by atomic mass is 16.5. The molecule has 1 aromatic carbocycles. The molecule has 0 radical (unpaired) electrons. The van der Waals surface area contributed by atoms with Gasteiger partial charge in [-0.2, -0.15) is 0 Å². The van der Waals surface area contributed by atoms with Crippen LogP contribution in [-0.2, 0) is 9.59 Å². The average Bonchev–Trinajstić information content (AvgIpc) is 2.52. The predicted molar refractivity (Wildman–Crippen MR) is 84.9 cm³/mol. The van der Waals surface area contributed by atoms with Gasteiger partial charge in [-0.1, -0.05) is 12.1 Å². The highest BCUT2D eigenvalue weighted by Crippen LogP contribution is 2.31. The third-order valence-corrected chi connectivity index (χ3v) is 2.95. The molecule has 22 heavy (non-hydrogen) atoms. The van der Waals surface area contributed by atoms with Crippen LogP contribution < -0.4 is 20.1 Å². The Balaban J connectivity index is 2.76. The monoisotopic (exact) mass is 306 g/mol. The van der Waals surface area contributed by atoms with Gasteiger partial charge in [0.2, 0.25) is 11.8 Å². The largest absolute Gasteiger partial charge is 0.493 e. The molecule has 0 heterocycles. The van der Waals surface area contributed by atoms with Crippen LogP contribution >= 0.6 is 0 Å². The van der Waals surface area contributed by atoms with Crippen molar-refractivity contribution in [2.24, 2.45) is 0 Å². The molecule has 120 valence electrons. The van der Waals surface area contributed by atoms with Gasteiger partial charge in [-0.05, 0) is 26.0 Å². The molecule has 0 saturated heterocycles. The first kappa shape index (κ1) is 17.6. The van der Waals surface area contributed by atoms with E-state index in [4.69, 9.17) is 9.47 Å². The quantitative estimate of drug-likeness (QED) is 0.746. The minimum absolute atomic E-state index is 0.219. The topological polar surface area (TPSA) is 76.7 Å². The number of rotatable bonds is 7. The van der Waals surface area contributed by atoms with Gasteiger partial charge in [0.25, 0.3) is 0 Å². The molecule has 1 rings (SSSR count). The third-order valence-electron chi connectivity index (χ3n) is 2.95. The zero-order chi connectivity index (χ0) is 16.5. The second-order valence-electron chi connectivity index (χ2n) is 4.54. The molecule has 0 aliphatic rings. The Kier molecular flexibility index (Phi) is 6.95. The fraction of sp³-hybridized carbons (Fsp3) is 0.375. The Labute approximate surface area is 130 Å². The van der Waals surface area contributed by atoms with Crippen LogP contribution in [0.1, 0.15) is 19.4 Å². The summed E-state index contributed by atoms with van der Waals surface area (Å²) in [6.45, 7) is 3.97. The second kappa shape index (κ2) is 8.71. The molecule has 0 aliphatic carbocycles. The van der Waals surface area contributed by atoms with Crippen molar-refractivity contribution in [3.63, 3.8) is 0 Å². The van der Waals surface area contributed by atoms with E-state index in [0.29, 0.717) is 23.6 Å². The molecule has 6 nitrogen and oxygen atoms in total. The van der Waals surface area contributed by atoms with Gasteiger partial charge in [0, 0.05) is 18.2 Å². The third kappa shape index (κ3) is 4.80. The van der Waals surface area contributed by atoms with E-state index < -0.39 is 6.04 Å². The number of carbonyl (C=O) groups excluding carboxylic acids is 2. The fourth-order valence-electron chi connectivity index (χ4n) is 1.86. The first-order valence-electron chi connectivity index (χ1n) is 7.00. The summed E-state index contributed by atoms with van der Waals surface area (Å²) in [5.41, 5.74) is 0.711. The van der Waals surface area contributed by atoms with Gasteiger partial charge >= 0.3 is 0 Å². The van der Waals surface area contributed by atoms with Gasteiger partial charge < -0.3 is 20.1 Å². The number of carbonyl (C=O) groups is 2. The van der Waals surface area contributed by atoms with E-state index in [9.17, 15) is 9.59 Å². The van der Waals surface area contributed by atoms with Crippen LogP contribution in [0, 0.1) is 0 Å². The normalized spacial score (nSPS) is 11.8. The van der Waals surface area contributed by atoms with Crippen LogP contribution in [0.2, 0.25) is 0 Å². The highest BCUT2D eigenvalue weighted by molar-refractivity contribution is 5.95. The molecule has 0 fully saturated rings. The lowest BCUT2D eigenvalue weighted by atomic mass is 10.1. The number of amides is 2. The van der Waals surface area contributed by atoms with E-state index in [1.807, 2.05) is 6.92 Å². The summed E-state index contributed by atoms with van der Waals surface area (Å²) in [4.78, 5) is 23.4. The van der Waals surface area contributed by atoms with Crippen LogP contribution in [0.15, 0.2) is 24.3 Å². The van der Waals surface area contributed by atoms with E-state index in [1.54, 1.807) is 38.3 Å². The number of benzene rings is 1. The molecule has 1 aromatic rings. The van der Waals surface area contributed by atoms with Crippen molar-refractivity contribution in [1.29, 1.82) is 0 Å². The molecule has 2 amide bonds. The molecule has 0 bridgehead atoms. The van der Waals surface area contributed by atoms with Crippen molar-refractivity contribution in [1.82, 2.24) is 10.6 Å². The minimum atomic E-state index is -0.593. The van der Waals surface area contributed by atoms with Crippen molar-refractivity contribution >= 4 is 17.9 Å². The first-order chi connectivity index (χ1) is 10.5. The van der Waals surface area contributed by atoms with Crippen molar-refractivity contribution in [3.8, 4) is 11.5 Å². The molecule has 1 atom stereocenters. The lowest BCUT2D eigenvalue weighted by Crippen LogP contribution is -2.44. The lowest BCUT2D eigenvalue weighted by Gasteiger charge is -2.12. The number of hydrogen-bond acceptors (Lipinski definition) is 4. The van der Waals surface area contributed by atoms with Crippen molar-refractivity contribution in [2.45, 2.75) is 19.9 Å². The number of hydrogen-bond donors (Lipinski definition) is 2. The fourth-order valence-corrected chi connectivity index (χ4v) is 1.86. The van der Waals surface area contributed by atoms with E-state index in [2.05, 4.69) is 10.6 Å². The number of ether oxygens (including phenoxy) is 2. The number of nitrogens with one attached hydrogen (secondary N) is 2. The standard InChI is InChI=1S/C16H22N2O4/c1-5-17-16(20)11(2)18-14(19)10-9-12-7-6-8-13(21-3)15(12)22-4/h6-11H,5H2,1-4H3,(H,17,20)(H,18,19)/b10-9+/t11-/m0/s1. The maximum Gasteiger partial charge on any atom is 0.244 e. The van der Waals surface area contributed by atoms with Crippen LogP contribution in [0.25, 0.3) is 6.08 Å². The maximum absolute atomic E-state index is 11.8. The van der Waals surface area contributed by atoms with Crippen LogP contribution in [0.3, 0.4) is 0 Å². The zero-order valence-electron chi connectivity index (χ0n) is 13.3. The number of para-hydroxylation sites is 1. The molecule has 0 spiro atoms. The Morgan fingerprint density at radius 3 is 2.59 bits per heavy atom. The molecular formula is C16H22N2O4. The molecule has 6 heteroatoms. The average molecular weight is 306 g/mol. The summed E-state index contributed by atoms with van der Waals surface area (Å²) in [6, 6.07) is 4.78. The van der Waals surface area contributed by atoms with Crippen molar-refractivity contribution < 1.29 is 19.1 Å². The molecule has 0 saturated carbocycles. The summed E-state index contributed by atoms with van der Waals surface area (Å²) < 4.78 is 10.5. The van der Waals surface area contributed by atoms with Gasteiger partial charge in [-0.15, -0.1) is 0 Å². The van der Waals surface area contributed by atoms with Gasteiger partial charge in [0.05, 0.1) is 14.2 Å². The maximum atomic E-state index is 11.8. The van der Waals surface area contributed by atoms with Crippen LogP contribution in [0.5, 0.6) is 11.5 Å². The van der Waals surface area contributed by atoms with Gasteiger partial charge in [0.15, 0.2) is 11.5 Å². The molecular weight excluding hydrogens is 284 g/mol. The second-order valence-corrected chi connectivity index (χ2v) is 4.54. The molecule has 0 unspecified atom stereocenters. The molecule has 0 aromatic heterocycles. The summed E-state index contributed by atoms with van der Waals surface area (Å²) in [7, 11) is 3.08. The SMILES string of the molecule is CCNC(=O)[C@H](C)NC(=O)/C=C/c1cccc(OC)c1OC. The minimum Gasteiger partial charge on any atom is -0.493 e. The highest BCUT2D eigenvalue weighted by Gasteiger charge is 2.13. The molecule has 2 N–H and O–H groups in total. The summed E-state index contributed by atoms with van der Waals surface area (Å²) in [6.07, 6.45) is 2.97. The zero-order valence-corrected chi connectivity index (χ0v) is 13.3. The summed E-state index contributed by atoms with van der Waals surface area (Å²) in [5.74, 6) is 0.554. The van der Waals surface area contributed by atoms with Gasteiger partial charge in [-0.3, -0.25) is 9.59 Å². The predicted octanol–water partition coefficient (Wildman–Crippen LogP) is 1.36. The van der Waals surface area contributed by atoms with Crippen LogP contribution in [0.4, 0.5) is 0 Å². The summed E-state index contributed by atoms with van der Waals surface area (Å²) >= 11 is 0. The van der Waals surface area contributed by atoms with E-state index >= 15 is 0 Å². The van der Waals surface area contributed by atoms with E-state index in [1.165, 1.54) is 13.2 Å². The van der Waals surface area contributed by atoms with E-state index in [-0.39, 0.29) is 11.8 Å². The number of likely N-dealkylation sites (N-methyl/N-ethyl adjacent to an activating group) is 1. The Morgan fingerprint density at radius 2 is 2.00 bits per heavy atom. The first-order valence-corrected chi connectivity index (χ1v) is 7.00. The smallest absolute Gasteiger partial charge is 0.244 e. The van der Waals surface area contributed by atoms with Gasteiger partial charge in [0.1, 0.15) is 6.04 Å².